The average Bonchev–Trinajstić information content (AvgIpc) is 2.36. The third kappa shape index (κ3) is 4.72. The number of halogens is 2. The van der Waals surface area contributed by atoms with Gasteiger partial charge in [-0.15, -0.1) is 0 Å². The number of carbonyl (C=O) groups excluding carboxylic acids is 1. The molecule has 0 radical (unpaired) electrons. The van der Waals surface area contributed by atoms with Crippen LogP contribution in [0.4, 0.5) is 4.39 Å². The summed E-state index contributed by atoms with van der Waals surface area (Å²) < 4.78 is 18.4. The molecule has 0 aromatic heterocycles. The van der Waals surface area contributed by atoms with E-state index in [2.05, 4.69) is 21.2 Å². The monoisotopic (exact) mass is 319 g/mol. The van der Waals surface area contributed by atoms with Gasteiger partial charge in [-0.2, -0.15) is 0 Å². The number of aliphatic hydroxyl groups excluding tert-OH is 1. The molecule has 1 aromatic rings. The molecule has 0 unspecified atom stereocenters. The maximum absolute atomic E-state index is 13.2. The van der Waals surface area contributed by atoms with E-state index in [4.69, 9.17) is 9.84 Å². The summed E-state index contributed by atoms with van der Waals surface area (Å²) in [5.74, 6) is -0.794. The van der Waals surface area contributed by atoms with Gasteiger partial charge >= 0.3 is 0 Å². The molecule has 4 nitrogen and oxygen atoms in total. The molecule has 1 rings (SSSR count). The van der Waals surface area contributed by atoms with Crippen LogP contribution in [-0.4, -0.2) is 37.4 Å². The van der Waals surface area contributed by atoms with Crippen molar-refractivity contribution in [3.63, 3.8) is 0 Å². The van der Waals surface area contributed by atoms with Gasteiger partial charge in [0.25, 0.3) is 5.91 Å². The first-order chi connectivity index (χ1) is 8.66. The van der Waals surface area contributed by atoms with Gasteiger partial charge < -0.3 is 15.2 Å². The van der Waals surface area contributed by atoms with Crippen molar-refractivity contribution < 1.29 is 19.0 Å². The number of benzene rings is 1. The van der Waals surface area contributed by atoms with E-state index >= 15 is 0 Å². The fourth-order valence-electron chi connectivity index (χ4n) is 1.32. The first-order valence-electron chi connectivity index (χ1n) is 5.57. The predicted molar refractivity (Wildman–Crippen MR) is 69.0 cm³/mol. The molecule has 0 saturated carbocycles. The van der Waals surface area contributed by atoms with Crippen LogP contribution in [0.25, 0.3) is 0 Å². The average molecular weight is 320 g/mol. The zero-order valence-electron chi connectivity index (χ0n) is 9.79. The number of hydrogen-bond acceptors (Lipinski definition) is 3. The second-order valence-electron chi connectivity index (χ2n) is 3.55. The van der Waals surface area contributed by atoms with Crippen molar-refractivity contribution in [2.24, 2.45) is 0 Å². The standard InChI is InChI=1S/C12H15BrFNO3/c13-11-9(3-1-4-10(11)14)12(17)15-5-2-7-18-8-6-16/h1,3-4,16H,2,5-8H2,(H,15,17). The first kappa shape index (κ1) is 15.1. The molecule has 2 N–H and O–H groups in total. The highest BCUT2D eigenvalue weighted by atomic mass is 79.9. The molecule has 0 saturated heterocycles. The summed E-state index contributed by atoms with van der Waals surface area (Å²) in [6, 6.07) is 4.31. The lowest BCUT2D eigenvalue weighted by atomic mass is 10.2. The maximum Gasteiger partial charge on any atom is 0.252 e. The van der Waals surface area contributed by atoms with Crippen LogP contribution in [0.1, 0.15) is 16.8 Å². The molecule has 18 heavy (non-hydrogen) atoms. The van der Waals surface area contributed by atoms with Crippen LogP contribution in [0.3, 0.4) is 0 Å². The van der Waals surface area contributed by atoms with E-state index in [1.807, 2.05) is 0 Å². The Balaban J connectivity index is 2.35. The Bertz CT molecular complexity index is 401. The molecular formula is C12H15BrFNO3. The van der Waals surface area contributed by atoms with E-state index in [1.165, 1.54) is 12.1 Å². The van der Waals surface area contributed by atoms with Crippen LogP contribution < -0.4 is 5.32 Å². The van der Waals surface area contributed by atoms with Crippen LogP contribution in [-0.2, 0) is 4.74 Å². The normalized spacial score (nSPS) is 10.4. The Morgan fingerprint density at radius 2 is 2.22 bits per heavy atom. The van der Waals surface area contributed by atoms with Crippen LogP contribution in [0.15, 0.2) is 22.7 Å². The topological polar surface area (TPSA) is 58.6 Å². The second-order valence-corrected chi connectivity index (χ2v) is 4.34. The number of nitrogens with one attached hydrogen (secondary N) is 1. The van der Waals surface area contributed by atoms with Crippen LogP contribution in [0.2, 0.25) is 0 Å². The quantitative estimate of drug-likeness (QED) is 0.752. The van der Waals surface area contributed by atoms with Gasteiger partial charge in [0.15, 0.2) is 0 Å². The van der Waals surface area contributed by atoms with Gasteiger partial charge in [-0.05, 0) is 34.5 Å². The lowest BCUT2D eigenvalue weighted by Crippen LogP contribution is -2.25. The number of rotatable bonds is 7. The maximum atomic E-state index is 13.2. The molecule has 0 spiro atoms. The zero-order valence-corrected chi connectivity index (χ0v) is 11.4. The van der Waals surface area contributed by atoms with Crippen molar-refractivity contribution >= 4 is 21.8 Å². The minimum Gasteiger partial charge on any atom is -0.394 e. The van der Waals surface area contributed by atoms with E-state index in [9.17, 15) is 9.18 Å². The summed E-state index contributed by atoms with van der Waals surface area (Å²) in [7, 11) is 0. The van der Waals surface area contributed by atoms with Gasteiger partial charge in [0.05, 0.1) is 23.2 Å². The van der Waals surface area contributed by atoms with Crippen LogP contribution in [0, 0.1) is 5.82 Å². The van der Waals surface area contributed by atoms with Crippen LogP contribution in [0.5, 0.6) is 0 Å². The molecule has 1 amide bonds. The summed E-state index contributed by atoms with van der Waals surface area (Å²) in [6.07, 6.45) is 0.638. The molecule has 6 heteroatoms. The Kier molecular flexibility index (Phi) is 6.85. The highest BCUT2D eigenvalue weighted by Crippen LogP contribution is 2.20. The first-order valence-corrected chi connectivity index (χ1v) is 6.37. The summed E-state index contributed by atoms with van der Waals surface area (Å²) in [6.45, 7) is 1.18. The molecular weight excluding hydrogens is 305 g/mol. The molecule has 0 aliphatic carbocycles. The van der Waals surface area contributed by atoms with E-state index in [-0.39, 0.29) is 22.6 Å². The lowest BCUT2D eigenvalue weighted by molar-refractivity contribution is 0.0867. The van der Waals surface area contributed by atoms with E-state index in [0.717, 1.165) is 0 Å². The van der Waals surface area contributed by atoms with Crippen molar-refractivity contribution in [1.82, 2.24) is 5.32 Å². The van der Waals surface area contributed by atoms with Crippen LogP contribution >= 0.6 is 15.9 Å². The molecule has 0 aliphatic rings. The largest absolute Gasteiger partial charge is 0.394 e. The van der Waals surface area contributed by atoms with E-state index in [0.29, 0.717) is 26.2 Å². The third-order valence-corrected chi connectivity index (χ3v) is 2.99. The van der Waals surface area contributed by atoms with E-state index < -0.39 is 5.82 Å². The zero-order chi connectivity index (χ0) is 13.4. The molecule has 1 aromatic carbocycles. The summed E-state index contributed by atoms with van der Waals surface area (Å²) in [5.41, 5.74) is 0.270. The third-order valence-electron chi connectivity index (χ3n) is 2.18. The van der Waals surface area contributed by atoms with Gasteiger partial charge in [0, 0.05) is 13.2 Å². The summed E-state index contributed by atoms with van der Waals surface area (Å²) in [4.78, 5) is 11.7. The van der Waals surface area contributed by atoms with Crippen molar-refractivity contribution in [1.29, 1.82) is 0 Å². The van der Waals surface area contributed by atoms with Crippen molar-refractivity contribution in [3.8, 4) is 0 Å². The van der Waals surface area contributed by atoms with Crippen molar-refractivity contribution in [2.75, 3.05) is 26.4 Å². The number of amides is 1. The Morgan fingerprint density at radius 3 is 2.94 bits per heavy atom. The Hall–Kier alpha value is -0.980. The van der Waals surface area contributed by atoms with Gasteiger partial charge in [-0.1, -0.05) is 6.07 Å². The fraction of sp³-hybridized carbons (Fsp3) is 0.417. The Morgan fingerprint density at radius 1 is 1.44 bits per heavy atom. The van der Waals surface area contributed by atoms with Crippen molar-refractivity contribution in [3.05, 3.63) is 34.1 Å². The van der Waals surface area contributed by atoms with Gasteiger partial charge in [-0.3, -0.25) is 4.79 Å². The minimum atomic E-state index is -0.464. The number of carbonyl (C=O) groups is 1. The van der Waals surface area contributed by atoms with Crippen molar-refractivity contribution in [2.45, 2.75) is 6.42 Å². The SMILES string of the molecule is O=C(NCCCOCCO)c1cccc(F)c1Br. The van der Waals surface area contributed by atoms with E-state index in [1.54, 1.807) is 6.07 Å². The minimum absolute atomic E-state index is 0.0113. The molecule has 0 atom stereocenters. The highest BCUT2D eigenvalue weighted by molar-refractivity contribution is 9.10. The molecule has 0 heterocycles. The Labute approximate surface area is 113 Å². The second kappa shape index (κ2) is 8.18. The van der Waals surface area contributed by atoms with Gasteiger partial charge in [0.2, 0.25) is 0 Å². The molecule has 0 aliphatic heterocycles. The number of ether oxygens (including phenoxy) is 1. The molecule has 0 fully saturated rings. The van der Waals surface area contributed by atoms with Gasteiger partial charge in [-0.25, -0.2) is 4.39 Å². The van der Waals surface area contributed by atoms with Gasteiger partial charge in [0.1, 0.15) is 5.82 Å². The highest BCUT2D eigenvalue weighted by Gasteiger charge is 2.11. The number of aliphatic hydroxyl groups is 1. The number of hydrogen-bond donors (Lipinski definition) is 2. The molecule has 100 valence electrons. The molecule has 0 bridgehead atoms. The fourth-order valence-corrected chi connectivity index (χ4v) is 1.76. The summed E-state index contributed by atoms with van der Waals surface area (Å²) >= 11 is 3.04. The smallest absolute Gasteiger partial charge is 0.252 e. The summed E-state index contributed by atoms with van der Waals surface area (Å²) in [5, 5.41) is 11.1. The predicted octanol–water partition coefficient (Wildman–Crippen LogP) is 1.72. The lowest BCUT2D eigenvalue weighted by Gasteiger charge is -2.07.